The summed E-state index contributed by atoms with van der Waals surface area (Å²) in [6.45, 7) is 2.37. The average molecular weight is 400 g/mol. The van der Waals surface area contributed by atoms with Crippen LogP contribution in [0.3, 0.4) is 0 Å². The number of thiophene rings is 1. The third kappa shape index (κ3) is 2.75. The van der Waals surface area contributed by atoms with Crippen LogP contribution in [0.5, 0.6) is 11.5 Å². The molecular formula is C25H27BNOS. The van der Waals surface area contributed by atoms with Crippen molar-refractivity contribution in [3.8, 4) is 11.5 Å². The second kappa shape index (κ2) is 6.53. The smallest absolute Gasteiger partial charge is 0.218 e. The summed E-state index contributed by atoms with van der Waals surface area (Å²) in [6, 6.07) is 13.1. The Bertz CT molecular complexity index is 1090. The largest absolute Gasteiger partial charge is 0.457 e. The molecule has 4 heteroatoms. The molecule has 147 valence electrons. The van der Waals surface area contributed by atoms with E-state index in [1.165, 1.54) is 65.4 Å². The van der Waals surface area contributed by atoms with Crippen molar-refractivity contribution in [2.45, 2.75) is 57.3 Å². The van der Waals surface area contributed by atoms with Gasteiger partial charge in [-0.2, -0.15) is 0 Å². The van der Waals surface area contributed by atoms with Crippen molar-refractivity contribution in [2.75, 3.05) is 5.73 Å². The fraction of sp³-hybridized carbons (Fsp3) is 0.440. The highest BCUT2D eigenvalue weighted by Gasteiger charge is 2.43. The number of fused-ring (bicyclic) bond motifs is 6. The number of hydrogen-bond donors (Lipinski definition) is 1. The van der Waals surface area contributed by atoms with Gasteiger partial charge in [0.2, 0.25) is 7.28 Å². The van der Waals surface area contributed by atoms with Gasteiger partial charge in [0.05, 0.1) is 0 Å². The molecule has 3 aliphatic rings. The first kappa shape index (κ1) is 17.9. The summed E-state index contributed by atoms with van der Waals surface area (Å²) in [5.74, 6) is 3.72. The number of nitrogens with two attached hydrogens (primary N) is 1. The van der Waals surface area contributed by atoms with Gasteiger partial charge in [0.15, 0.2) is 0 Å². The van der Waals surface area contributed by atoms with Crippen LogP contribution < -0.4 is 20.7 Å². The summed E-state index contributed by atoms with van der Waals surface area (Å²) in [7, 11) is 2.23. The molecule has 6 rings (SSSR count). The molecule has 2 N–H and O–H groups in total. The number of hydrogen-bond acceptors (Lipinski definition) is 3. The van der Waals surface area contributed by atoms with E-state index in [1.807, 2.05) is 0 Å². The number of nitrogen functional groups attached to an aromatic ring is 1. The molecule has 2 aliphatic carbocycles. The molecule has 3 aromatic rings. The maximum absolute atomic E-state index is 6.62. The van der Waals surface area contributed by atoms with Gasteiger partial charge in [-0.25, -0.2) is 0 Å². The third-order valence-corrected chi connectivity index (χ3v) is 8.88. The van der Waals surface area contributed by atoms with Crippen LogP contribution in [0.2, 0.25) is 0 Å². The van der Waals surface area contributed by atoms with Crippen LogP contribution >= 0.6 is 11.3 Å². The van der Waals surface area contributed by atoms with Gasteiger partial charge in [0, 0.05) is 20.6 Å². The summed E-state index contributed by atoms with van der Waals surface area (Å²) in [6.07, 6.45) is 9.50. The van der Waals surface area contributed by atoms with Crippen molar-refractivity contribution >= 4 is 44.6 Å². The molecule has 2 unspecified atom stereocenters. The molecule has 2 bridgehead atoms. The van der Waals surface area contributed by atoms with E-state index < -0.39 is 0 Å². The topological polar surface area (TPSA) is 35.2 Å². The van der Waals surface area contributed by atoms with Crippen LogP contribution in [0.1, 0.15) is 57.4 Å². The van der Waals surface area contributed by atoms with E-state index in [2.05, 4.69) is 50.6 Å². The Balaban J connectivity index is 1.43. The lowest BCUT2D eigenvalue weighted by molar-refractivity contribution is 0.106. The van der Waals surface area contributed by atoms with Gasteiger partial charge >= 0.3 is 0 Å². The highest BCUT2D eigenvalue weighted by atomic mass is 32.1. The fourth-order valence-electron chi connectivity index (χ4n) is 6.37. The first-order chi connectivity index (χ1) is 14.1. The second-order valence-corrected chi connectivity index (χ2v) is 10.5. The first-order valence-corrected chi connectivity index (χ1v) is 11.9. The van der Waals surface area contributed by atoms with E-state index in [0.717, 1.165) is 34.5 Å². The monoisotopic (exact) mass is 400 g/mol. The molecule has 0 spiro atoms. The van der Waals surface area contributed by atoms with E-state index in [0.29, 0.717) is 0 Å². The lowest BCUT2D eigenvalue weighted by Crippen LogP contribution is -2.40. The zero-order valence-corrected chi connectivity index (χ0v) is 17.9. The Hall–Kier alpha value is -1.94. The van der Waals surface area contributed by atoms with Crippen molar-refractivity contribution in [1.82, 2.24) is 0 Å². The van der Waals surface area contributed by atoms with Crippen molar-refractivity contribution in [3.05, 3.63) is 42.0 Å². The molecule has 2 fully saturated rings. The minimum absolute atomic E-state index is 0.261. The Labute approximate surface area is 177 Å². The molecule has 1 aromatic heterocycles. The van der Waals surface area contributed by atoms with Crippen LogP contribution in [0.4, 0.5) is 5.69 Å². The maximum Gasteiger partial charge on any atom is 0.218 e. The SMILES string of the molecule is CCC1(c2cc(N)c3c(c2)Oc2c(sc4ccccc24)[B]3)CC2CCCC(C2)C1. The van der Waals surface area contributed by atoms with Gasteiger partial charge in [0.25, 0.3) is 0 Å². The lowest BCUT2D eigenvalue weighted by atomic mass is 9.57. The minimum atomic E-state index is 0.261. The Morgan fingerprint density at radius 2 is 1.97 bits per heavy atom. The van der Waals surface area contributed by atoms with E-state index in [4.69, 9.17) is 10.5 Å². The molecule has 2 saturated carbocycles. The fourth-order valence-corrected chi connectivity index (χ4v) is 7.44. The predicted octanol–water partition coefficient (Wildman–Crippen LogP) is 5.49. The average Bonchev–Trinajstić information content (AvgIpc) is 3.09. The van der Waals surface area contributed by atoms with E-state index in [9.17, 15) is 0 Å². The van der Waals surface area contributed by atoms with Gasteiger partial charge in [-0.15, -0.1) is 11.3 Å². The van der Waals surface area contributed by atoms with Crippen LogP contribution in [0, 0.1) is 11.8 Å². The van der Waals surface area contributed by atoms with Gasteiger partial charge in [-0.05, 0) is 78.2 Å². The van der Waals surface area contributed by atoms with Crippen molar-refractivity contribution in [2.24, 2.45) is 11.8 Å². The van der Waals surface area contributed by atoms with Gasteiger partial charge in [0.1, 0.15) is 11.5 Å². The van der Waals surface area contributed by atoms with Crippen LogP contribution in [-0.2, 0) is 5.41 Å². The maximum atomic E-state index is 6.62. The Kier molecular flexibility index (Phi) is 4.03. The lowest BCUT2D eigenvalue weighted by Gasteiger charge is -2.48. The van der Waals surface area contributed by atoms with Crippen molar-refractivity contribution < 1.29 is 4.74 Å². The van der Waals surface area contributed by atoms with Gasteiger partial charge in [-0.1, -0.05) is 38.3 Å². The summed E-state index contributed by atoms with van der Waals surface area (Å²) in [5.41, 5.74) is 10.2. The Morgan fingerprint density at radius 3 is 2.76 bits per heavy atom. The second-order valence-electron chi connectivity index (χ2n) is 9.46. The van der Waals surface area contributed by atoms with Crippen LogP contribution in [0.25, 0.3) is 10.1 Å². The third-order valence-electron chi connectivity index (χ3n) is 7.78. The summed E-state index contributed by atoms with van der Waals surface area (Å²) in [5, 5.41) is 1.20. The highest BCUT2D eigenvalue weighted by Crippen LogP contribution is 2.52. The Morgan fingerprint density at radius 1 is 1.17 bits per heavy atom. The molecule has 2 aromatic carbocycles. The number of rotatable bonds is 2. The molecule has 0 amide bonds. The van der Waals surface area contributed by atoms with E-state index in [-0.39, 0.29) is 5.41 Å². The molecular weight excluding hydrogens is 373 g/mol. The molecule has 1 radical (unpaired) electrons. The number of ether oxygens (including phenoxy) is 1. The summed E-state index contributed by atoms with van der Waals surface area (Å²) in [4.78, 5) is 0. The van der Waals surface area contributed by atoms with Crippen molar-refractivity contribution in [1.29, 1.82) is 0 Å². The quantitative estimate of drug-likeness (QED) is 0.357. The molecule has 2 nitrogen and oxygen atoms in total. The number of benzene rings is 2. The van der Waals surface area contributed by atoms with Gasteiger partial charge in [-0.3, -0.25) is 0 Å². The zero-order valence-electron chi connectivity index (χ0n) is 17.0. The molecule has 1 aliphatic heterocycles. The normalized spacial score (nSPS) is 27.6. The zero-order chi connectivity index (χ0) is 19.6. The standard InChI is InChI=1S/C25H27BNOS/c1-2-25(13-15-6-5-7-16(10-15)14-25)17-11-19(27)22-20(12-17)28-23-18-8-3-4-9-21(18)29-24(23)26-22/h3-4,8-9,11-12,15-16H,2,5-7,10,13-14,27H2,1H3. The molecule has 29 heavy (non-hydrogen) atoms. The summed E-state index contributed by atoms with van der Waals surface area (Å²) >= 11 is 1.78. The molecule has 2 atom stereocenters. The van der Waals surface area contributed by atoms with Crippen molar-refractivity contribution in [3.63, 3.8) is 0 Å². The summed E-state index contributed by atoms with van der Waals surface area (Å²) < 4.78 is 8.97. The van der Waals surface area contributed by atoms with Crippen LogP contribution in [-0.4, -0.2) is 7.28 Å². The number of anilines is 1. The van der Waals surface area contributed by atoms with Gasteiger partial charge < -0.3 is 10.5 Å². The molecule has 2 heterocycles. The molecule has 0 saturated heterocycles. The first-order valence-electron chi connectivity index (χ1n) is 11.1. The predicted molar refractivity (Wildman–Crippen MR) is 124 cm³/mol. The minimum Gasteiger partial charge on any atom is -0.457 e. The highest BCUT2D eigenvalue weighted by molar-refractivity contribution is 7.29. The van der Waals surface area contributed by atoms with E-state index >= 15 is 0 Å². The van der Waals surface area contributed by atoms with E-state index in [1.54, 1.807) is 11.3 Å². The van der Waals surface area contributed by atoms with Crippen LogP contribution in [0.15, 0.2) is 36.4 Å².